The smallest absolute Gasteiger partial charge is 0.355 e. The lowest BCUT2D eigenvalue weighted by Gasteiger charge is -2.10. The number of esters is 1. The third kappa shape index (κ3) is 5.27. The van der Waals surface area contributed by atoms with Crippen LogP contribution in [-0.2, 0) is 20.9 Å². The molecular formula is C18H16ClNO3. The summed E-state index contributed by atoms with van der Waals surface area (Å²) in [6.07, 6.45) is 1.57. The molecule has 2 aromatic carbocycles. The summed E-state index contributed by atoms with van der Waals surface area (Å²) in [5, 5.41) is 3.02. The lowest BCUT2D eigenvalue weighted by atomic mass is 10.2. The van der Waals surface area contributed by atoms with E-state index in [4.69, 9.17) is 16.3 Å². The zero-order chi connectivity index (χ0) is 16.7. The summed E-state index contributed by atoms with van der Waals surface area (Å²) in [7, 11) is 0. The minimum Gasteiger partial charge on any atom is -0.456 e. The molecule has 4 nitrogen and oxygen atoms in total. The van der Waals surface area contributed by atoms with Crippen molar-refractivity contribution < 1.29 is 14.3 Å². The van der Waals surface area contributed by atoms with Gasteiger partial charge in [0.15, 0.2) is 0 Å². The Morgan fingerprint density at radius 3 is 2.39 bits per heavy atom. The monoisotopic (exact) mass is 329 g/mol. The molecule has 1 N–H and O–H groups in total. The molecule has 0 aromatic heterocycles. The number of hydrogen-bond acceptors (Lipinski definition) is 3. The molecule has 0 saturated carbocycles. The topological polar surface area (TPSA) is 55.4 Å². The van der Waals surface area contributed by atoms with Crippen LogP contribution >= 0.6 is 11.6 Å². The molecule has 0 heterocycles. The van der Waals surface area contributed by atoms with Crippen LogP contribution in [-0.4, -0.2) is 11.9 Å². The van der Waals surface area contributed by atoms with Gasteiger partial charge >= 0.3 is 5.97 Å². The number of amides is 1. The number of benzene rings is 2. The Morgan fingerprint density at radius 2 is 1.74 bits per heavy atom. The molecule has 0 saturated heterocycles. The molecule has 0 aliphatic rings. The molecule has 5 heteroatoms. The highest BCUT2D eigenvalue weighted by atomic mass is 35.5. The van der Waals surface area contributed by atoms with Gasteiger partial charge in [-0.3, -0.25) is 4.79 Å². The Bertz CT molecular complexity index is 726. The average Bonchev–Trinajstić information content (AvgIpc) is 2.54. The Balaban J connectivity index is 2.12. The number of nitrogens with one attached hydrogen (secondary N) is 1. The Hall–Kier alpha value is -2.59. The van der Waals surface area contributed by atoms with E-state index in [1.807, 2.05) is 36.4 Å². The van der Waals surface area contributed by atoms with Crippen molar-refractivity contribution in [3.8, 4) is 0 Å². The molecule has 23 heavy (non-hydrogen) atoms. The van der Waals surface area contributed by atoms with Crippen LogP contribution in [0.5, 0.6) is 0 Å². The van der Waals surface area contributed by atoms with Crippen LogP contribution in [0.2, 0.25) is 5.02 Å². The molecule has 0 fully saturated rings. The molecule has 0 unspecified atom stereocenters. The van der Waals surface area contributed by atoms with Crippen LogP contribution in [0.1, 0.15) is 18.1 Å². The molecule has 0 bridgehead atoms. The van der Waals surface area contributed by atoms with Crippen molar-refractivity contribution in [1.82, 2.24) is 5.32 Å². The first kappa shape index (κ1) is 16.8. The fraction of sp³-hybridized carbons (Fsp3) is 0.111. The van der Waals surface area contributed by atoms with Gasteiger partial charge in [0.25, 0.3) is 0 Å². The van der Waals surface area contributed by atoms with Gasteiger partial charge in [-0.15, -0.1) is 0 Å². The van der Waals surface area contributed by atoms with Crippen LogP contribution < -0.4 is 5.32 Å². The van der Waals surface area contributed by atoms with Gasteiger partial charge < -0.3 is 10.1 Å². The fourth-order valence-electron chi connectivity index (χ4n) is 1.89. The van der Waals surface area contributed by atoms with Gasteiger partial charge in [0, 0.05) is 17.5 Å². The van der Waals surface area contributed by atoms with Crippen molar-refractivity contribution >= 4 is 29.6 Å². The Morgan fingerprint density at radius 1 is 1.09 bits per heavy atom. The number of rotatable bonds is 5. The van der Waals surface area contributed by atoms with Crippen LogP contribution in [0, 0.1) is 0 Å². The second-order valence-corrected chi connectivity index (χ2v) is 5.22. The normalized spacial score (nSPS) is 11.0. The van der Waals surface area contributed by atoms with Gasteiger partial charge in [0.1, 0.15) is 12.3 Å². The zero-order valence-corrected chi connectivity index (χ0v) is 13.3. The van der Waals surface area contributed by atoms with Crippen molar-refractivity contribution in [1.29, 1.82) is 0 Å². The lowest BCUT2D eigenvalue weighted by Crippen LogP contribution is -2.26. The maximum atomic E-state index is 12.2. The van der Waals surface area contributed by atoms with E-state index >= 15 is 0 Å². The van der Waals surface area contributed by atoms with Crippen molar-refractivity contribution in [2.75, 3.05) is 0 Å². The zero-order valence-electron chi connectivity index (χ0n) is 12.6. The SMILES string of the molecule is CC(=O)N/C(=C/c1ccccc1)C(=O)OCc1ccccc1Cl. The molecule has 0 radical (unpaired) electrons. The summed E-state index contributed by atoms with van der Waals surface area (Å²) in [6, 6.07) is 16.3. The Kier molecular flexibility index (Phi) is 5.94. The maximum absolute atomic E-state index is 12.2. The summed E-state index contributed by atoms with van der Waals surface area (Å²) in [6.45, 7) is 1.37. The van der Waals surface area contributed by atoms with Gasteiger partial charge in [-0.2, -0.15) is 0 Å². The van der Waals surface area contributed by atoms with Crippen LogP contribution in [0.15, 0.2) is 60.3 Å². The first-order valence-electron chi connectivity index (χ1n) is 7.01. The fourth-order valence-corrected chi connectivity index (χ4v) is 2.08. The second-order valence-electron chi connectivity index (χ2n) is 4.82. The summed E-state index contributed by atoms with van der Waals surface area (Å²) in [5.74, 6) is -0.967. The predicted octanol–water partition coefficient (Wildman–Crippen LogP) is 3.56. The first-order valence-corrected chi connectivity index (χ1v) is 7.39. The molecule has 0 atom stereocenters. The van der Waals surface area contributed by atoms with E-state index in [1.54, 1.807) is 24.3 Å². The predicted molar refractivity (Wildman–Crippen MR) is 89.5 cm³/mol. The second kappa shape index (κ2) is 8.15. The summed E-state index contributed by atoms with van der Waals surface area (Å²) >= 11 is 6.03. The Labute approximate surface area is 139 Å². The van der Waals surface area contributed by atoms with E-state index in [0.717, 1.165) is 5.56 Å². The number of ether oxygens (including phenoxy) is 1. The van der Waals surface area contributed by atoms with Gasteiger partial charge in [0.05, 0.1) is 0 Å². The number of carbonyl (C=O) groups excluding carboxylic acids is 2. The third-order valence-corrected chi connectivity index (χ3v) is 3.33. The van der Waals surface area contributed by atoms with E-state index in [2.05, 4.69) is 5.32 Å². The number of halogens is 1. The van der Waals surface area contributed by atoms with Crippen LogP contribution in [0.3, 0.4) is 0 Å². The lowest BCUT2D eigenvalue weighted by molar-refractivity contribution is -0.141. The molecule has 2 rings (SSSR count). The molecular weight excluding hydrogens is 314 g/mol. The van der Waals surface area contributed by atoms with Crippen molar-refractivity contribution in [3.05, 3.63) is 76.4 Å². The highest BCUT2D eigenvalue weighted by Crippen LogP contribution is 2.16. The van der Waals surface area contributed by atoms with Gasteiger partial charge in [-0.05, 0) is 17.7 Å². The van der Waals surface area contributed by atoms with Gasteiger partial charge in [-0.25, -0.2) is 4.79 Å². The van der Waals surface area contributed by atoms with E-state index in [-0.39, 0.29) is 18.2 Å². The molecule has 0 aliphatic carbocycles. The minimum atomic E-state index is -0.621. The van der Waals surface area contributed by atoms with Gasteiger partial charge in [0.2, 0.25) is 5.91 Å². The van der Waals surface area contributed by atoms with E-state index in [9.17, 15) is 9.59 Å². The van der Waals surface area contributed by atoms with Gasteiger partial charge in [-0.1, -0.05) is 60.1 Å². The first-order chi connectivity index (χ1) is 11.1. The number of carbonyl (C=O) groups is 2. The minimum absolute atomic E-state index is 0.0320. The van der Waals surface area contributed by atoms with Crippen molar-refractivity contribution in [2.45, 2.75) is 13.5 Å². The molecule has 0 spiro atoms. The van der Waals surface area contributed by atoms with E-state index in [1.165, 1.54) is 6.92 Å². The molecule has 2 aromatic rings. The number of hydrogen-bond donors (Lipinski definition) is 1. The summed E-state index contributed by atoms with van der Waals surface area (Å²) in [4.78, 5) is 23.5. The van der Waals surface area contributed by atoms with Crippen molar-refractivity contribution in [2.24, 2.45) is 0 Å². The summed E-state index contributed by atoms with van der Waals surface area (Å²) < 4.78 is 5.24. The quantitative estimate of drug-likeness (QED) is 0.674. The highest BCUT2D eigenvalue weighted by molar-refractivity contribution is 6.31. The molecule has 1 amide bonds. The summed E-state index contributed by atoms with van der Waals surface area (Å²) in [5.41, 5.74) is 1.56. The molecule has 118 valence electrons. The van der Waals surface area contributed by atoms with E-state index in [0.29, 0.717) is 10.6 Å². The maximum Gasteiger partial charge on any atom is 0.355 e. The highest BCUT2D eigenvalue weighted by Gasteiger charge is 2.13. The average molecular weight is 330 g/mol. The van der Waals surface area contributed by atoms with Crippen molar-refractivity contribution in [3.63, 3.8) is 0 Å². The largest absolute Gasteiger partial charge is 0.456 e. The third-order valence-electron chi connectivity index (χ3n) is 2.96. The van der Waals surface area contributed by atoms with Crippen LogP contribution in [0.4, 0.5) is 0 Å². The molecule has 0 aliphatic heterocycles. The standard InChI is InChI=1S/C18H16ClNO3/c1-13(21)20-17(11-14-7-3-2-4-8-14)18(22)23-12-15-9-5-6-10-16(15)19/h2-11H,12H2,1H3,(H,20,21)/b17-11+. The van der Waals surface area contributed by atoms with Crippen LogP contribution in [0.25, 0.3) is 6.08 Å². The van der Waals surface area contributed by atoms with E-state index < -0.39 is 5.97 Å².